The van der Waals surface area contributed by atoms with Crippen molar-refractivity contribution in [2.45, 2.75) is 78.8 Å². The molecule has 6 N–H and O–H groups in total. The van der Waals surface area contributed by atoms with Gasteiger partial charge in [0.1, 0.15) is 0 Å². The molecule has 0 amide bonds. The molecule has 5 atom stereocenters. The fourth-order valence-electron chi connectivity index (χ4n) is 2.82. The van der Waals surface area contributed by atoms with Gasteiger partial charge in [0.25, 0.3) is 0 Å². The molecule has 0 fully saturated rings. The molecular formula is C24H53N3O6. The minimum atomic E-state index is -0.511. The van der Waals surface area contributed by atoms with Crippen molar-refractivity contribution in [3.63, 3.8) is 0 Å². The molecule has 9 nitrogen and oxygen atoms in total. The molecule has 0 aromatic heterocycles. The van der Waals surface area contributed by atoms with Crippen LogP contribution in [0.3, 0.4) is 0 Å². The second kappa shape index (κ2) is 18.9. The maximum absolute atomic E-state index is 6.07. The molecule has 0 spiro atoms. The molecule has 0 aliphatic rings. The van der Waals surface area contributed by atoms with E-state index >= 15 is 0 Å². The lowest BCUT2D eigenvalue weighted by molar-refractivity contribution is -0.127. The molecule has 0 aliphatic heterocycles. The topological polar surface area (TPSA) is 133 Å². The number of rotatable bonds is 22. The van der Waals surface area contributed by atoms with Gasteiger partial charge in [0.05, 0.1) is 77.1 Å². The Labute approximate surface area is 202 Å². The fraction of sp³-hybridized carbons (Fsp3) is 1.00. The van der Waals surface area contributed by atoms with Crippen molar-refractivity contribution in [2.24, 2.45) is 28.5 Å². The van der Waals surface area contributed by atoms with Gasteiger partial charge in [-0.15, -0.1) is 0 Å². The lowest BCUT2D eigenvalue weighted by atomic mass is 9.92. The van der Waals surface area contributed by atoms with Crippen molar-refractivity contribution in [3.8, 4) is 0 Å². The molecule has 0 heterocycles. The zero-order valence-corrected chi connectivity index (χ0v) is 22.2. The van der Waals surface area contributed by atoms with Crippen LogP contribution in [0.5, 0.6) is 0 Å². The largest absolute Gasteiger partial charge is 0.379 e. The number of hydrogen-bond acceptors (Lipinski definition) is 9. The van der Waals surface area contributed by atoms with Crippen LogP contribution in [-0.2, 0) is 28.4 Å². The van der Waals surface area contributed by atoms with Crippen LogP contribution in [0.1, 0.15) is 48.5 Å². The summed E-state index contributed by atoms with van der Waals surface area (Å²) in [6.45, 7) is 18.5. The van der Waals surface area contributed by atoms with Gasteiger partial charge in [0, 0.05) is 24.7 Å². The standard InChI is InChI=1S/C24H53N3O6/c1-18(2)8-32-22(6)12-30-16-24(14-28-9-19(3)25,15-29-10-20(4)26)17-31-13-23(7)33-11-21(5)27/h18-23H,8-17,25-27H2,1-7H3. The van der Waals surface area contributed by atoms with Crippen molar-refractivity contribution < 1.29 is 28.4 Å². The Morgan fingerprint density at radius 3 is 1.15 bits per heavy atom. The summed E-state index contributed by atoms with van der Waals surface area (Å²) < 4.78 is 35.5. The van der Waals surface area contributed by atoms with E-state index in [0.717, 1.165) is 0 Å². The van der Waals surface area contributed by atoms with Gasteiger partial charge in [0.15, 0.2) is 0 Å². The smallest absolute Gasteiger partial charge is 0.0781 e. The highest BCUT2D eigenvalue weighted by molar-refractivity contribution is 4.80. The third-order valence-electron chi connectivity index (χ3n) is 4.46. The Hall–Kier alpha value is -0.360. The predicted octanol–water partition coefficient (Wildman–Crippen LogP) is 1.55. The Morgan fingerprint density at radius 2 is 0.818 bits per heavy atom. The summed E-state index contributed by atoms with van der Waals surface area (Å²) in [5, 5.41) is 0. The second-order valence-corrected chi connectivity index (χ2v) is 10.2. The van der Waals surface area contributed by atoms with Crippen LogP contribution in [0, 0.1) is 11.3 Å². The zero-order chi connectivity index (χ0) is 25.3. The van der Waals surface area contributed by atoms with Gasteiger partial charge >= 0.3 is 0 Å². The van der Waals surface area contributed by atoms with E-state index < -0.39 is 5.41 Å². The van der Waals surface area contributed by atoms with Gasteiger partial charge < -0.3 is 45.6 Å². The maximum Gasteiger partial charge on any atom is 0.0781 e. The first-order valence-electron chi connectivity index (χ1n) is 12.3. The quantitative estimate of drug-likeness (QED) is 0.211. The van der Waals surface area contributed by atoms with Gasteiger partial charge in [-0.2, -0.15) is 0 Å². The minimum Gasteiger partial charge on any atom is -0.379 e. The SMILES string of the molecule is CC(C)COC(C)COCC(COCC(C)N)(COCC(C)N)COCC(C)OCC(C)N. The van der Waals surface area contributed by atoms with E-state index in [1.807, 2.05) is 34.6 Å². The first-order chi connectivity index (χ1) is 15.5. The Bertz CT molecular complexity index is 412. The summed E-state index contributed by atoms with van der Waals surface area (Å²) in [4.78, 5) is 0. The summed E-state index contributed by atoms with van der Waals surface area (Å²) >= 11 is 0. The summed E-state index contributed by atoms with van der Waals surface area (Å²) in [5.74, 6) is 0.477. The van der Waals surface area contributed by atoms with E-state index in [1.54, 1.807) is 0 Å². The van der Waals surface area contributed by atoms with E-state index in [1.165, 1.54) is 0 Å². The highest BCUT2D eigenvalue weighted by Gasteiger charge is 2.33. The summed E-state index contributed by atoms with van der Waals surface area (Å²) in [5.41, 5.74) is 17.0. The lowest BCUT2D eigenvalue weighted by Gasteiger charge is -2.34. The molecular weight excluding hydrogens is 426 g/mol. The average Bonchev–Trinajstić information content (AvgIpc) is 2.70. The van der Waals surface area contributed by atoms with E-state index in [0.29, 0.717) is 72.0 Å². The highest BCUT2D eigenvalue weighted by atomic mass is 16.6. The maximum atomic E-state index is 6.07. The van der Waals surface area contributed by atoms with E-state index in [2.05, 4.69) is 13.8 Å². The van der Waals surface area contributed by atoms with Crippen LogP contribution in [0.25, 0.3) is 0 Å². The molecule has 5 unspecified atom stereocenters. The second-order valence-electron chi connectivity index (χ2n) is 10.2. The van der Waals surface area contributed by atoms with Crippen molar-refractivity contribution in [2.75, 3.05) is 66.1 Å². The molecule has 200 valence electrons. The Kier molecular flexibility index (Phi) is 18.7. The molecule has 9 heteroatoms. The fourth-order valence-corrected chi connectivity index (χ4v) is 2.82. The van der Waals surface area contributed by atoms with Crippen LogP contribution >= 0.6 is 0 Å². The third kappa shape index (κ3) is 19.6. The molecule has 0 saturated carbocycles. The van der Waals surface area contributed by atoms with Gasteiger partial charge in [-0.25, -0.2) is 0 Å². The van der Waals surface area contributed by atoms with Gasteiger partial charge in [-0.05, 0) is 40.5 Å². The van der Waals surface area contributed by atoms with E-state index in [-0.39, 0.29) is 30.3 Å². The first kappa shape index (κ1) is 32.6. The van der Waals surface area contributed by atoms with Gasteiger partial charge in [-0.1, -0.05) is 13.8 Å². The van der Waals surface area contributed by atoms with Gasteiger partial charge in [-0.3, -0.25) is 0 Å². The zero-order valence-electron chi connectivity index (χ0n) is 22.2. The average molecular weight is 480 g/mol. The third-order valence-corrected chi connectivity index (χ3v) is 4.46. The van der Waals surface area contributed by atoms with Crippen molar-refractivity contribution in [3.05, 3.63) is 0 Å². The van der Waals surface area contributed by atoms with Gasteiger partial charge in [0.2, 0.25) is 0 Å². The van der Waals surface area contributed by atoms with Crippen molar-refractivity contribution in [1.29, 1.82) is 0 Å². The monoisotopic (exact) mass is 479 g/mol. The van der Waals surface area contributed by atoms with E-state index in [4.69, 9.17) is 45.6 Å². The number of nitrogens with two attached hydrogens (primary N) is 3. The molecule has 0 bridgehead atoms. The normalized spacial score (nSPS) is 18.6. The summed E-state index contributed by atoms with van der Waals surface area (Å²) in [6.07, 6.45) is -0.0818. The highest BCUT2D eigenvalue weighted by Crippen LogP contribution is 2.22. The molecule has 0 aromatic rings. The molecule has 0 aromatic carbocycles. The minimum absolute atomic E-state index is 0.00680. The predicted molar refractivity (Wildman–Crippen MR) is 132 cm³/mol. The van der Waals surface area contributed by atoms with Crippen LogP contribution < -0.4 is 17.2 Å². The lowest BCUT2D eigenvalue weighted by Crippen LogP contribution is -2.44. The summed E-state index contributed by atoms with van der Waals surface area (Å²) in [6, 6.07) is -0.144. The summed E-state index contributed by atoms with van der Waals surface area (Å²) in [7, 11) is 0. The first-order valence-corrected chi connectivity index (χ1v) is 12.3. The van der Waals surface area contributed by atoms with Crippen molar-refractivity contribution >= 4 is 0 Å². The molecule has 0 aliphatic carbocycles. The van der Waals surface area contributed by atoms with E-state index in [9.17, 15) is 0 Å². The van der Waals surface area contributed by atoms with Crippen molar-refractivity contribution in [1.82, 2.24) is 0 Å². The molecule has 0 radical (unpaired) electrons. The molecule has 0 rings (SSSR count). The van der Waals surface area contributed by atoms with Crippen LogP contribution in [0.4, 0.5) is 0 Å². The number of ether oxygens (including phenoxy) is 6. The Morgan fingerprint density at radius 1 is 0.485 bits per heavy atom. The number of hydrogen-bond donors (Lipinski definition) is 3. The van der Waals surface area contributed by atoms with Crippen LogP contribution in [0.2, 0.25) is 0 Å². The van der Waals surface area contributed by atoms with Crippen LogP contribution in [-0.4, -0.2) is 96.4 Å². The molecule has 33 heavy (non-hydrogen) atoms. The Balaban J connectivity index is 5.04. The van der Waals surface area contributed by atoms with Crippen LogP contribution in [0.15, 0.2) is 0 Å². The molecule has 0 saturated heterocycles.